The summed E-state index contributed by atoms with van der Waals surface area (Å²) in [5.74, 6) is -6.06. The van der Waals surface area contributed by atoms with E-state index in [1.165, 1.54) is 0 Å². The lowest BCUT2D eigenvalue weighted by molar-refractivity contribution is -0.975. The molecule has 1 N–H and O–H groups in total. The highest BCUT2D eigenvalue weighted by atomic mass is 32.2. The van der Waals surface area contributed by atoms with Crippen LogP contribution in [0.3, 0.4) is 0 Å². The average molecular weight is 417 g/mol. The van der Waals surface area contributed by atoms with Gasteiger partial charge in [-0.2, -0.15) is 26.0 Å². The third-order valence-electron chi connectivity index (χ3n) is 3.90. The molecule has 0 saturated heterocycles. The lowest BCUT2D eigenvalue weighted by atomic mass is 10.1. The van der Waals surface area contributed by atoms with Gasteiger partial charge in [0.1, 0.15) is 0 Å². The summed E-state index contributed by atoms with van der Waals surface area (Å²) in [5.41, 5.74) is 0. The Labute approximate surface area is 150 Å². The van der Waals surface area contributed by atoms with Crippen LogP contribution >= 0.6 is 0 Å². The quantitative estimate of drug-likeness (QED) is 0.172. The number of rotatable bonds is 12. The standard InChI is InChI=1S/C14H26F6N2O3S/c1-5-6-7-8-9-10-11-21(26(23,24)25)13(17,18)12(15,16)14(19,20)22(2,3)4/h5-11H2,1-4H3/p+1. The summed E-state index contributed by atoms with van der Waals surface area (Å²) in [6.45, 7) is 0.720. The predicted octanol–water partition coefficient (Wildman–Crippen LogP) is 3.98. The molecule has 0 aliphatic rings. The number of hydrogen-bond donors (Lipinski definition) is 1. The molecule has 0 atom stereocenters. The van der Waals surface area contributed by atoms with E-state index >= 15 is 0 Å². The van der Waals surface area contributed by atoms with Gasteiger partial charge in [0, 0.05) is 6.54 Å². The molecular weight excluding hydrogens is 390 g/mol. The van der Waals surface area contributed by atoms with Crippen LogP contribution < -0.4 is 0 Å². The van der Waals surface area contributed by atoms with Gasteiger partial charge in [0.2, 0.25) is 0 Å². The highest BCUT2D eigenvalue weighted by Crippen LogP contribution is 2.50. The molecule has 0 aliphatic heterocycles. The number of halogens is 6. The number of alkyl halides is 6. The third kappa shape index (κ3) is 5.46. The highest BCUT2D eigenvalue weighted by molar-refractivity contribution is 7.83. The van der Waals surface area contributed by atoms with Crippen molar-refractivity contribution < 1.29 is 43.8 Å². The first-order valence-electron chi connectivity index (χ1n) is 8.14. The second kappa shape index (κ2) is 8.61. The van der Waals surface area contributed by atoms with E-state index in [0.717, 1.165) is 19.3 Å². The van der Waals surface area contributed by atoms with Crippen LogP contribution in [-0.2, 0) is 10.3 Å². The fraction of sp³-hybridized carbons (Fsp3) is 1.00. The first kappa shape index (κ1) is 25.4. The van der Waals surface area contributed by atoms with Gasteiger partial charge in [0.25, 0.3) is 0 Å². The summed E-state index contributed by atoms with van der Waals surface area (Å²) in [6.07, 6.45) is 2.94. The minimum atomic E-state index is -6.06. The monoisotopic (exact) mass is 417 g/mol. The number of hydrogen-bond acceptors (Lipinski definition) is 2. The van der Waals surface area contributed by atoms with Gasteiger partial charge in [-0.25, -0.2) is 0 Å². The van der Waals surface area contributed by atoms with Gasteiger partial charge < -0.3 is 0 Å². The summed E-state index contributed by atoms with van der Waals surface area (Å²) in [7, 11) is -4.15. The van der Waals surface area contributed by atoms with Crippen LogP contribution in [0.5, 0.6) is 0 Å². The van der Waals surface area contributed by atoms with Crippen molar-refractivity contribution in [2.75, 3.05) is 27.7 Å². The summed E-state index contributed by atoms with van der Waals surface area (Å²) in [6, 6.07) is -11.1. The molecule has 26 heavy (non-hydrogen) atoms. The molecule has 0 spiro atoms. The molecule has 158 valence electrons. The van der Waals surface area contributed by atoms with Crippen LogP contribution in [0.15, 0.2) is 0 Å². The fourth-order valence-electron chi connectivity index (χ4n) is 2.20. The van der Waals surface area contributed by atoms with Crippen molar-refractivity contribution in [2.24, 2.45) is 0 Å². The van der Waals surface area contributed by atoms with Gasteiger partial charge in [-0.15, -0.1) is 13.1 Å². The summed E-state index contributed by atoms with van der Waals surface area (Å²) in [4.78, 5) is 0. The molecule has 0 aromatic rings. The summed E-state index contributed by atoms with van der Waals surface area (Å²) >= 11 is 0. The number of unbranched alkanes of at least 4 members (excludes halogenated alkanes) is 5. The van der Waals surface area contributed by atoms with Gasteiger partial charge in [0.15, 0.2) is 0 Å². The molecule has 0 heterocycles. The van der Waals surface area contributed by atoms with Crippen molar-refractivity contribution in [3.05, 3.63) is 0 Å². The predicted molar refractivity (Wildman–Crippen MR) is 84.5 cm³/mol. The maximum absolute atomic E-state index is 14.2. The van der Waals surface area contributed by atoms with Crippen molar-refractivity contribution in [3.63, 3.8) is 0 Å². The smallest absolute Gasteiger partial charge is 0.273 e. The van der Waals surface area contributed by atoms with Crippen LogP contribution in [-0.4, -0.2) is 67.5 Å². The van der Waals surface area contributed by atoms with E-state index in [0.29, 0.717) is 27.6 Å². The van der Waals surface area contributed by atoms with E-state index < -0.39 is 43.7 Å². The number of quaternary nitrogens is 1. The van der Waals surface area contributed by atoms with Gasteiger partial charge >= 0.3 is 28.3 Å². The van der Waals surface area contributed by atoms with E-state index in [1.807, 2.05) is 6.92 Å². The molecule has 0 bridgehead atoms. The van der Waals surface area contributed by atoms with E-state index in [1.54, 1.807) is 0 Å². The Morgan fingerprint density at radius 2 is 1.31 bits per heavy atom. The minimum absolute atomic E-state index is 0.222. The van der Waals surface area contributed by atoms with Gasteiger partial charge in [0.05, 0.1) is 21.1 Å². The van der Waals surface area contributed by atoms with E-state index in [9.17, 15) is 34.8 Å². The van der Waals surface area contributed by atoms with Crippen molar-refractivity contribution in [1.29, 1.82) is 0 Å². The molecule has 0 amide bonds. The van der Waals surface area contributed by atoms with Crippen molar-refractivity contribution in [3.8, 4) is 0 Å². The molecule has 0 unspecified atom stereocenters. The molecule has 0 aromatic carbocycles. The maximum Gasteiger partial charge on any atom is 0.462 e. The Hall–Kier alpha value is -0.590. The Morgan fingerprint density at radius 1 is 0.885 bits per heavy atom. The molecule has 0 saturated carbocycles. The SMILES string of the molecule is CCCCCCCCN(C(F)(F)C(F)(F)C(F)(F)[N+](C)(C)C)S(=O)(=O)O. The van der Waals surface area contributed by atoms with Gasteiger partial charge in [-0.3, -0.25) is 9.04 Å². The molecule has 0 fully saturated rings. The van der Waals surface area contributed by atoms with E-state index in [-0.39, 0.29) is 12.8 Å². The fourth-order valence-corrected chi connectivity index (χ4v) is 2.96. The first-order chi connectivity index (χ1) is 11.4. The Bertz CT molecular complexity index is 549. The largest absolute Gasteiger partial charge is 0.462 e. The molecule has 0 rings (SSSR count). The number of nitrogens with zero attached hydrogens (tertiary/aromatic N) is 2. The Morgan fingerprint density at radius 3 is 1.69 bits per heavy atom. The van der Waals surface area contributed by atoms with E-state index in [4.69, 9.17) is 4.55 Å². The van der Waals surface area contributed by atoms with E-state index in [2.05, 4.69) is 0 Å². The zero-order chi connectivity index (χ0) is 21.0. The zero-order valence-corrected chi connectivity index (χ0v) is 16.1. The van der Waals surface area contributed by atoms with Crippen LogP contribution in [0.1, 0.15) is 45.4 Å². The molecule has 0 aliphatic carbocycles. The molecule has 0 aromatic heterocycles. The maximum atomic E-state index is 14.2. The molecule has 12 heteroatoms. The van der Waals surface area contributed by atoms with Gasteiger partial charge in [-0.1, -0.05) is 39.0 Å². The topological polar surface area (TPSA) is 57.6 Å². The first-order valence-corrected chi connectivity index (χ1v) is 9.54. The second-order valence-corrected chi connectivity index (χ2v) is 8.32. The Balaban J connectivity index is 5.54. The Kier molecular flexibility index (Phi) is 8.42. The minimum Gasteiger partial charge on any atom is -0.273 e. The van der Waals surface area contributed by atoms with Crippen LogP contribution in [0.2, 0.25) is 0 Å². The van der Waals surface area contributed by atoms with Crippen molar-refractivity contribution in [2.45, 2.75) is 63.5 Å². The summed E-state index contributed by atoms with van der Waals surface area (Å²) in [5, 5.41) is 0. The third-order valence-corrected chi connectivity index (χ3v) is 4.87. The van der Waals surface area contributed by atoms with Gasteiger partial charge in [-0.05, 0) is 6.42 Å². The van der Waals surface area contributed by atoms with Crippen molar-refractivity contribution >= 4 is 10.3 Å². The zero-order valence-electron chi connectivity index (χ0n) is 15.3. The van der Waals surface area contributed by atoms with Crippen molar-refractivity contribution in [1.82, 2.24) is 4.31 Å². The second-order valence-electron chi connectivity index (χ2n) is 6.99. The lowest BCUT2D eigenvalue weighted by Gasteiger charge is -2.41. The normalized spacial score (nSPS) is 14.9. The average Bonchev–Trinajstić information content (AvgIpc) is 2.43. The summed E-state index contributed by atoms with van der Waals surface area (Å²) < 4.78 is 112. The highest BCUT2D eigenvalue weighted by Gasteiger charge is 2.81. The lowest BCUT2D eigenvalue weighted by Crippen LogP contribution is -2.71. The van der Waals surface area contributed by atoms with Crippen LogP contribution in [0.25, 0.3) is 0 Å². The van der Waals surface area contributed by atoms with Crippen LogP contribution in [0, 0.1) is 0 Å². The molecule has 5 nitrogen and oxygen atoms in total. The molecular formula is C14H27F6N2O3S+. The van der Waals surface area contributed by atoms with Crippen LogP contribution in [0.4, 0.5) is 26.3 Å². The molecule has 0 radical (unpaired) electrons.